The Bertz CT molecular complexity index is 397. The number of unbranched alkanes of at least 4 members (excludes halogenated alkanes) is 11. The van der Waals surface area contributed by atoms with E-state index in [1.165, 1.54) is 82.6 Å². The first-order valence-electron chi connectivity index (χ1n) is 10.1. The van der Waals surface area contributed by atoms with Crippen molar-refractivity contribution in [2.45, 2.75) is 104 Å². The van der Waals surface area contributed by atoms with Gasteiger partial charge in [0.15, 0.2) is 5.75 Å². The van der Waals surface area contributed by atoms with Crippen molar-refractivity contribution in [1.82, 2.24) is 0 Å². The maximum atomic E-state index is 11.6. The monoisotopic (exact) mass is 317 g/mol. The highest BCUT2D eigenvalue weighted by Crippen LogP contribution is 2.21. The molecule has 0 N–H and O–H groups in total. The highest BCUT2D eigenvalue weighted by molar-refractivity contribution is 5.35. The fourth-order valence-corrected chi connectivity index (χ4v) is 3.23. The van der Waals surface area contributed by atoms with Crippen molar-refractivity contribution in [2.24, 2.45) is 0 Å². The minimum absolute atomic E-state index is 0.200. The number of benzene rings is 1. The molecule has 131 valence electrons. The van der Waals surface area contributed by atoms with Crippen LogP contribution in [0.15, 0.2) is 18.2 Å². The summed E-state index contributed by atoms with van der Waals surface area (Å²) in [5.74, 6) is 0.200. The van der Waals surface area contributed by atoms with Crippen LogP contribution in [-0.2, 0) is 17.9 Å². The molecule has 0 aliphatic carbocycles. The lowest BCUT2D eigenvalue weighted by molar-refractivity contribution is 0.350. The highest BCUT2D eigenvalue weighted by Gasteiger charge is 2.02. The lowest BCUT2D eigenvalue weighted by atomic mass is 10.0. The average Bonchev–Trinajstić information content (AvgIpc) is 2.57. The van der Waals surface area contributed by atoms with Gasteiger partial charge >= 0.3 is 0 Å². The third-order valence-electron chi connectivity index (χ3n) is 4.82. The minimum atomic E-state index is 0.200. The van der Waals surface area contributed by atoms with Crippen LogP contribution in [0.2, 0.25) is 0 Å². The molecular formula is C22H37O. The summed E-state index contributed by atoms with van der Waals surface area (Å²) in [6, 6.07) is 5.87. The summed E-state index contributed by atoms with van der Waals surface area (Å²) in [5.41, 5.74) is 2.31. The van der Waals surface area contributed by atoms with Crippen molar-refractivity contribution in [1.29, 1.82) is 0 Å². The van der Waals surface area contributed by atoms with Crippen molar-refractivity contribution < 1.29 is 5.11 Å². The molecule has 0 spiro atoms. The molecule has 0 saturated carbocycles. The molecule has 1 aromatic carbocycles. The maximum Gasteiger partial charge on any atom is 0.181 e. The summed E-state index contributed by atoms with van der Waals surface area (Å²) in [6.45, 7) is 4.34. The molecule has 1 nitrogen and oxygen atoms in total. The third kappa shape index (κ3) is 9.69. The third-order valence-corrected chi connectivity index (χ3v) is 4.82. The zero-order chi connectivity index (χ0) is 16.8. The SMILES string of the molecule is CCCCCCCCCCCCCCc1ccc([O])c(CC)c1. The molecule has 0 bridgehead atoms. The van der Waals surface area contributed by atoms with Gasteiger partial charge in [0.1, 0.15) is 0 Å². The van der Waals surface area contributed by atoms with E-state index in [0.717, 1.165) is 18.4 Å². The Kier molecular flexibility index (Phi) is 11.7. The molecule has 0 saturated heterocycles. The molecule has 0 unspecified atom stereocenters. The normalized spacial score (nSPS) is 11.0. The Balaban J connectivity index is 1.93. The average molecular weight is 318 g/mol. The van der Waals surface area contributed by atoms with Crippen LogP contribution < -0.4 is 0 Å². The summed E-state index contributed by atoms with van der Waals surface area (Å²) >= 11 is 0. The van der Waals surface area contributed by atoms with Gasteiger partial charge in [-0.1, -0.05) is 96.6 Å². The molecule has 23 heavy (non-hydrogen) atoms. The molecule has 0 atom stereocenters. The molecule has 1 radical (unpaired) electrons. The fourth-order valence-electron chi connectivity index (χ4n) is 3.23. The van der Waals surface area contributed by atoms with Gasteiger partial charge in [0.25, 0.3) is 0 Å². The van der Waals surface area contributed by atoms with Gasteiger partial charge in [-0.3, -0.25) is 5.11 Å². The topological polar surface area (TPSA) is 19.9 Å². The van der Waals surface area contributed by atoms with Crippen LogP contribution in [0.3, 0.4) is 0 Å². The zero-order valence-electron chi connectivity index (χ0n) is 15.5. The van der Waals surface area contributed by atoms with Gasteiger partial charge < -0.3 is 0 Å². The molecule has 0 aliphatic heterocycles. The number of hydrogen-bond donors (Lipinski definition) is 0. The van der Waals surface area contributed by atoms with Crippen molar-refractivity contribution in [3.63, 3.8) is 0 Å². The predicted octanol–water partition coefficient (Wildman–Crippen LogP) is 7.64. The van der Waals surface area contributed by atoms with E-state index in [-0.39, 0.29) is 5.75 Å². The number of hydrogen-bond acceptors (Lipinski definition) is 0. The standard InChI is InChI=1S/C22H37O/c1-3-5-6-7-8-9-10-11-12-13-14-15-16-20-17-18-22(23)21(4-2)19-20/h17-19H,3-16H2,1-2H3. The van der Waals surface area contributed by atoms with Crippen LogP contribution in [0.4, 0.5) is 0 Å². The van der Waals surface area contributed by atoms with Crippen molar-refractivity contribution in [3.8, 4) is 5.75 Å². The van der Waals surface area contributed by atoms with E-state index in [1.807, 2.05) is 6.07 Å². The maximum absolute atomic E-state index is 11.6. The van der Waals surface area contributed by atoms with Gasteiger partial charge in [-0.15, -0.1) is 0 Å². The highest BCUT2D eigenvalue weighted by atomic mass is 16.3. The molecule has 0 aliphatic rings. The van der Waals surface area contributed by atoms with E-state index in [9.17, 15) is 5.11 Å². The molecule has 0 heterocycles. The Morgan fingerprint density at radius 1 is 0.696 bits per heavy atom. The first-order chi connectivity index (χ1) is 11.3. The van der Waals surface area contributed by atoms with Gasteiger partial charge in [-0.2, -0.15) is 0 Å². The summed E-state index contributed by atoms with van der Waals surface area (Å²) in [6.07, 6.45) is 18.7. The minimum Gasteiger partial charge on any atom is -0.290 e. The largest absolute Gasteiger partial charge is 0.290 e. The Morgan fingerprint density at radius 2 is 1.22 bits per heavy atom. The lowest BCUT2D eigenvalue weighted by Crippen LogP contribution is -1.89. The van der Waals surface area contributed by atoms with Crippen LogP contribution in [0.5, 0.6) is 5.75 Å². The molecule has 1 heteroatoms. The Hall–Kier alpha value is -0.980. The summed E-state index contributed by atoms with van der Waals surface area (Å²) in [4.78, 5) is 0. The molecule has 0 aromatic heterocycles. The van der Waals surface area contributed by atoms with Gasteiger partial charge in [0.05, 0.1) is 0 Å². The molecule has 1 rings (SSSR count). The van der Waals surface area contributed by atoms with Crippen LogP contribution in [-0.4, -0.2) is 0 Å². The second-order valence-electron chi connectivity index (χ2n) is 6.93. The second-order valence-corrected chi connectivity index (χ2v) is 6.93. The zero-order valence-corrected chi connectivity index (χ0v) is 15.5. The van der Waals surface area contributed by atoms with Crippen LogP contribution in [0.1, 0.15) is 102 Å². The van der Waals surface area contributed by atoms with E-state index >= 15 is 0 Å². The van der Waals surface area contributed by atoms with Gasteiger partial charge in [-0.25, -0.2) is 0 Å². The first-order valence-corrected chi connectivity index (χ1v) is 10.1. The number of aryl methyl sites for hydroxylation is 2. The van der Waals surface area contributed by atoms with Gasteiger partial charge in [0, 0.05) is 0 Å². The van der Waals surface area contributed by atoms with Crippen molar-refractivity contribution >= 4 is 0 Å². The van der Waals surface area contributed by atoms with Crippen molar-refractivity contribution in [2.75, 3.05) is 0 Å². The molecule has 0 amide bonds. The summed E-state index contributed by atoms with van der Waals surface area (Å²) in [5, 5.41) is 11.6. The van der Waals surface area contributed by atoms with Crippen LogP contribution in [0, 0.1) is 0 Å². The smallest absolute Gasteiger partial charge is 0.181 e. The van der Waals surface area contributed by atoms with E-state index < -0.39 is 0 Å². The molecular weight excluding hydrogens is 280 g/mol. The molecule has 1 aromatic rings. The van der Waals surface area contributed by atoms with E-state index in [0.29, 0.717) is 0 Å². The first kappa shape index (κ1) is 20.1. The van der Waals surface area contributed by atoms with E-state index in [2.05, 4.69) is 19.9 Å². The van der Waals surface area contributed by atoms with Crippen LogP contribution >= 0.6 is 0 Å². The summed E-state index contributed by atoms with van der Waals surface area (Å²) in [7, 11) is 0. The van der Waals surface area contributed by atoms with Gasteiger partial charge in [-0.05, 0) is 36.5 Å². The van der Waals surface area contributed by atoms with Crippen molar-refractivity contribution in [3.05, 3.63) is 29.3 Å². The Labute approximate surface area is 144 Å². The quantitative estimate of drug-likeness (QED) is 0.314. The van der Waals surface area contributed by atoms with E-state index in [1.54, 1.807) is 6.07 Å². The fraction of sp³-hybridized carbons (Fsp3) is 0.727. The molecule has 0 fully saturated rings. The van der Waals surface area contributed by atoms with E-state index in [4.69, 9.17) is 0 Å². The predicted molar refractivity (Wildman–Crippen MR) is 101 cm³/mol. The number of rotatable bonds is 14. The summed E-state index contributed by atoms with van der Waals surface area (Å²) < 4.78 is 0. The lowest BCUT2D eigenvalue weighted by Gasteiger charge is -2.05. The Morgan fingerprint density at radius 3 is 1.74 bits per heavy atom. The second kappa shape index (κ2) is 13.5. The van der Waals surface area contributed by atoms with Gasteiger partial charge in [0.2, 0.25) is 0 Å². The van der Waals surface area contributed by atoms with Crippen LogP contribution in [0.25, 0.3) is 0 Å².